The summed E-state index contributed by atoms with van der Waals surface area (Å²) in [7, 11) is 3.18. The van der Waals surface area contributed by atoms with Crippen LogP contribution >= 0.6 is 0 Å². The number of nitrogens with one attached hydrogen (secondary N) is 4. The second-order valence-corrected chi connectivity index (χ2v) is 9.42. The molecule has 2 amide bonds. The Morgan fingerprint density at radius 3 is 2.84 bits per heavy atom. The Morgan fingerprint density at radius 2 is 2.08 bits per heavy atom. The van der Waals surface area contributed by atoms with E-state index >= 15 is 0 Å². The molecule has 2 aromatic heterocycles. The molecule has 1 aliphatic heterocycles. The molecule has 3 heterocycles. The van der Waals surface area contributed by atoms with Crippen LogP contribution < -0.4 is 20.9 Å². The van der Waals surface area contributed by atoms with E-state index < -0.39 is 6.09 Å². The van der Waals surface area contributed by atoms with Crippen molar-refractivity contribution in [3.8, 4) is 0 Å². The molecule has 2 aromatic carbocycles. The molecule has 1 saturated heterocycles. The molecule has 0 aliphatic carbocycles. The number of amides is 2. The molecule has 198 valence electrons. The van der Waals surface area contributed by atoms with E-state index in [1.807, 2.05) is 43.6 Å². The van der Waals surface area contributed by atoms with Crippen LogP contribution in [0.5, 0.6) is 0 Å². The zero-order chi connectivity index (χ0) is 26.6. The number of aryl methyl sites for hydroxylation is 1. The summed E-state index contributed by atoms with van der Waals surface area (Å²) in [5, 5.41) is 22.6. The summed E-state index contributed by atoms with van der Waals surface area (Å²) in [5.74, 6) is -0.262. The number of fused-ring (bicyclic) bond motifs is 2. The lowest BCUT2D eigenvalue weighted by molar-refractivity contribution is 0.102. The van der Waals surface area contributed by atoms with Gasteiger partial charge in [-0.1, -0.05) is 6.08 Å². The number of nitrogens with zero attached hydrogens (tertiary/aromatic N) is 4. The molecular formula is C27H32N8O3. The van der Waals surface area contributed by atoms with Gasteiger partial charge in [-0.25, -0.2) is 4.79 Å². The summed E-state index contributed by atoms with van der Waals surface area (Å²) in [6, 6.07) is 7.99. The third-order valence-corrected chi connectivity index (χ3v) is 6.90. The van der Waals surface area contributed by atoms with Crippen molar-refractivity contribution >= 4 is 45.2 Å². The zero-order valence-electron chi connectivity index (χ0n) is 21.6. The Kier molecular flexibility index (Phi) is 7.27. The lowest BCUT2D eigenvalue weighted by atomic mass is 10.0. The molecule has 0 unspecified atom stereocenters. The lowest BCUT2D eigenvalue weighted by Gasteiger charge is -2.34. The predicted molar refractivity (Wildman–Crippen MR) is 147 cm³/mol. The first-order valence-corrected chi connectivity index (χ1v) is 12.6. The van der Waals surface area contributed by atoms with Crippen LogP contribution in [0, 0.1) is 0 Å². The minimum Gasteiger partial charge on any atom is -0.453 e. The van der Waals surface area contributed by atoms with Gasteiger partial charge in [-0.05, 0) is 42.7 Å². The van der Waals surface area contributed by atoms with Crippen LogP contribution in [0.1, 0.15) is 28.8 Å². The summed E-state index contributed by atoms with van der Waals surface area (Å²) in [6.07, 6.45) is 7.08. The SMILES string of the molecule is C=CCNC1CCN(c2ccc(C(=O)Nc3cc(CNC(=O)OC)c4[nH]ncc4c3)c3nn(C)cc23)CC1. The van der Waals surface area contributed by atoms with Gasteiger partial charge in [0, 0.05) is 67.6 Å². The van der Waals surface area contributed by atoms with Gasteiger partial charge in [-0.3, -0.25) is 14.6 Å². The van der Waals surface area contributed by atoms with Crippen LogP contribution in [0.4, 0.5) is 16.2 Å². The van der Waals surface area contributed by atoms with E-state index in [1.165, 1.54) is 7.11 Å². The standard InChI is InChI=1S/C27H32N8O3/c1-4-9-28-19-7-10-35(11-8-19)23-6-5-21(25-22(23)16-34(2)33-25)26(36)31-20-12-17(14-29-27(37)38-3)24-18(13-20)15-30-32-24/h4-6,12-13,15-16,19,28H,1,7-11,14H2,2-3H3,(H,29,37)(H,30,32)(H,31,36). The van der Waals surface area contributed by atoms with Crippen molar-refractivity contribution in [3.63, 3.8) is 0 Å². The molecule has 0 saturated carbocycles. The predicted octanol–water partition coefficient (Wildman–Crippen LogP) is 3.30. The highest BCUT2D eigenvalue weighted by Gasteiger charge is 2.23. The minimum absolute atomic E-state index is 0.216. The quantitative estimate of drug-likeness (QED) is 0.265. The smallest absolute Gasteiger partial charge is 0.407 e. The molecule has 0 bridgehead atoms. The molecule has 4 N–H and O–H groups in total. The van der Waals surface area contributed by atoms with Crippen LogP contribution in [0.3, 0.4) is 0 Å². The number of carbonyl (C=O) groups excluding carboxylic acids is 2. The van der Waals surface area contributed by atoms with Crippen LogP contribution in [-0.4, -0.2) is 64.8 Å². The maximum absolute atomic E-state index is 13.5. The number of piperidine rings is 1. The summed E-state index contributed by atoms with van der Waals surface area (Å²) in [5.41, 5.74) is 4.37. The fourth-order valence-corrected chi connectivity index (χ4v) is 5.02. The van der Waals surface area contributed by atoms with E-state index in [-0.39, 0.29) is 12.5 Å². The van der Waals surface area contributed by atoms with Gasteiger partial charge in [0.1, 0.15) is 5.52 Å². The van der Waals surface area contributed by atoms with Gasteiger partial charge in [0.2, 0.25) is 0 Å². The van der Waals surface area contributed by atoms with Crippen LogP contribution in [0.2, 0.25) is 0 Å². The van der Waals surface area contributed by atoms with Gasteiger partial charge >= 0.3 is 6.09 Å². The molecule has 0 atom stereocenters. The number of alkyl carbamates (subject to hydrolysis) is 1. The Bertz CT molecular complexity index is 1480. The summed E-state index contributed by atoms with van der Waals surface area (Å²) >= 11 is 0. The first-order valence-electron chi connectivity index (χ1n) is 12.6. The normalized spacial score (nSPS) is 14.1. The Morgan fingerprint density at radius 1 is 1.26 bits per heavy atom. The van der Waals surface area contributed by atoms with Gasteiger partial charge < -0.3 is 25.6 Å². The van der Waals surface area contributed by atoms with Crippen molar-refractivity contribution in [2.45, 2.75) is 25.4 Å². The molecule has 11 heteroatoms. The number of aromatic nitrogens is 4. The van der Waals surface area contributed by atoms with Crippen LogP contribution in [0.25, 0.3) is 21.8 Å². The number of hydrogen-bond donors (Lipinski definition) is 4. The van der Waals surface area contributed by atoms with E-state index in [4.69, 9.17) is 0 Å². The number of methoxy groups -OCH3 is 1. The van der Waals surface area contributed by atoms with Crippen molar-refractivity contribution in [1.29, 1.82) is 0 Å². The molecule has 0 spiro atoms. The molecule has 11 nitrogen and oxygen atoms in total. The highest BCUT2D eigenvalue weighted by Crippen LogP contribution is 2.31. The third-order valence-electron chi connectivity index (χ3n) is 6.90. The Balaban J connectivity index is 1.38. The molecule has 1 fully saturated rings. The number of benzene rings is 2. The van der Waals surface area contributed by atoms with Crippen molar-refractivity contribution in [2.75, 3.05) is 37.0 Å². The second kappa shape index (κ2) is 10.9. The third kappa shape index (κ3) is 5.18. The molecule has 4 aromatic rings. The van der Waals surface area contributed by atoms with E-state index in [0.29, 0.717) is 22.8 Å². The maximum Gasteiger partial charge on any atom is 0.407 e. The second-order valence-electron chi connectivity index (χ2n) is 9.42. The number of aromatic amines is 1. The average Bonchev–Trinajstić information content (AvgIpc) is 3.56. The highest BCUT2D eigenvalue weighted by atomic mass is 16.5. The molecule has 5 rings (SSSR count). The molecular weight excluding hydrogens is 484 g/mol. The average molecular weight is 517 g/mol. The van der Waals surface area contributed by atoms with Gasteiger partial charge in [0.15, 0.2) is 0 Å². The van der Waals surface area contributed by atoms with Gasteiger partial charge in [-0.2, -0.15) is 10.2 Å². The first kappa shape index (κ1) is 25.3. The van der Waals surface area contributed by atoms with E-state index in [1.54, 1.807) is 10.9 Å². The van der Waals surface area contributed by atoms with Crippen LogP contribution in [-0.2, 0) is 18.3 Å². The summed E-state index contributed by atoms with van der Waals surface area (Å²) in [4.78, 5) is 27.4. The van der Waals surface area contributed by atoms with Gasteiger partial charge in [-0.15, -0.1) is 6.58 Å². The van der Waals surface area contributed by atoms with E-state index in [0.717, 1.165) is 60.0 Å². The monoisotopic (exact) mass is 516 g/mol. The van der Waals surface area contributed by atoms with Crippen molar-refractivity contribution in [3.05, 3.63) is 60.4 Å². The van der Waals surface area contributed by atoms with E-state index in [2.05, 4.69) is 47.5 Å². The highest BCUT2D eigenvalue weighted by molar-refractivity contribution is 6.14. The first-order chi connectivity index (χ1) is 18.5. The van der Waals surface area contributed by atoms with Crippen molar-refractivity contribution in [1.82, 2.24) is 30.6 Å². The van der Waals surface area contributed by atoms with Crippen LogP contribution in [0.15, 0.2) is 49.3 Å². The van der Waals surface area contributed by atoms with Crippen molar-refractivity contribution < 1.29 is 14.3 Å². The fraction of sp³-hybridized carbons (Fsp3) is 0.333. The number of rotatable bonds is 8. The molecule has 1 aliphatic rings. The number of hydrogen-bond acceptors (Lipinski definition) is 7. The summed E-state index contributed by atoms with van der Waals surface area (Å²) in [6.45, 7) is 6.68. The van der Waals surface area contributed by atoms with Gasteiger partial charge in [0.25, 0.3) is 5.91 Å². The Hall–Kier alpha value is -4.38. The summed E-state index contributed by atoms with van der Waals surface area (Å²) < 4.78 is 6.42. The molecule has 38 heavy (non-hydrogen) atoms. The topological polar surface area (TPSA) is 129 Å². The minimum atomic E-state index is -0.540. The van der Waals surface area contributed by atoms with E-state index in [9.17, 15) is 9.59 Å². The lowest BCUT2D eigenvalue weighted by Crippen LogP contribution is -2.42. The zero-order valence-corrected chi connectivity index (χ0v) is 21.6. The molecule has 0 radical (unpaired) electrons. The van der Waals surface area contributed by atoms with Crippen molar-refractivity contribution in [2.24, 2.45) is 7.05 Å². The number of carbonyl (C=O) groups is 2. The number of anilines is 2. The fourth-order valence-electron chi connectivity index (χ4n) is 5.02. The number of H-pyrrole nitrogens is 1. The largest absolute Gasteiger partial charge is 0.453 e. The maximum atomic E-state index is 13.5. The number of ether oxygens (including phenoxy) is 1. The Labute approximate surface area is 220 Å². The van der Waals surface area contributed by atoms with Gasteiger partial charge in [0.05, 0.1) is 24.4 Å².